The molecule has 0 atom stereocenters. The minimum atomic E-state index is -0.0212. The van der Waals surface area contributed by atoms with Crippen LogP contribution in [-0.4, -0.2) is 28.0 Å². The Kier molecular flexibility index (Phi) is 4.34. The average molecular weight is 278 g/mol. The van der Waals surface area contributed by atoms with Crippen LogP contribution in [-0.2, 0) is 13.1 Å². The predicted octanol–water partition coefficient (Wildman–Crippen LogP) is 1.33. The second kappa shape index (κ2) is 5.99. The van der Waals surface area contributed by atoms with Crippen molar-refractivity contribution in [3.63, 3.8) is 0 Å². The van der Waals surface area contributed by atoms with Crippen LogP contribution in [0.15, 0.2) is 28.5 Å². The van der Waals surface area contributed by atoms with E-state index in [1.165, 1.54) is 6.07 Å². The summed E-state index contributed by atoms with van der Waals surface area (Å²) in [6.45, 7) is 4.20. The molecule has 0 aliphatic rings. The van der Waals surface area contributed by atoms with Gasteiger partial charge in [0.2, 0.25) is 0 Å². The van der Waals surface area contributed by atoms with Gasteiger partial charge in [-0.15, -0.1) is 11.3 Å². The molecule has 0 fully saturated rings. The van der Waals surface area contributed by atoms with E-state index < -0.39 is 0 Å². The lowest BCUT2D eigenvalue weighted by Gasteiger charge is -2.16. The van der Waals surface area contributed by atoms with E-state index in [2.05, 4.69) is 15.3 Å². The van der Waals surface area contributed by atoms with Gasteiger partial charge in [0.1, 0.15) is 0 Å². The quantitative estimate of drug-likeness (QED) is 0.896. The fraction of sp³-hybridized carbons (Fsp3) is 0.385. The number of hydrogen-bond donors (Lipinski definition) is 1. The van der Waals surface area contributed by atoms with E-state index in [0.29, 0.717) is 12.2 Å². The van der Waals surface area contributed by atoms with Crippen LogP contribution in [0.2, 0.25) is 0 Å². The summed E-state index contributed by atoms with van der Waals surface area (Å²) in [5, 5.41) is 3.15. The summed E-state index contributed by atoms with van der Waals surface area (Å²) in [6.07, 6.45) is 1.68. The molecule has 0 radical (unpaired) electrons. The minimum Gasteiger partial charge on any atom is -0.398 e. The Morgan fingerprint density at radius 3 is 2.95 bits per heavy atom. The van der Waals surface area contributed by atoms with Crippen LogP contribution in [0, 0.1) is 6.92 Å². The topological polar surface area (TPSA) is 64.2 Å². The Hall–Kier alpha value is -1.66. The molecule has 0 spiro atoms. The van der Waals surface area contributed by atoms with Gasteiger partial charge in [0, 0.05) is 43.0 Å². The lowest BCUT2D eigenvalue weighted by Crippen LogP contribution is -2.28. The number of pyridine rings is 1. The molecular formula is C13H18N4OS. The number of nitrogen functional groups attached to an aromatic ring is 1. The third-order valence-corrected chi connectivity index (χ3v) is 3.65. The largest absolute Gasteiger partial charge is 0.398 e. The fourth-order valence-corrected chi connectivity index (χ4v) is 2.44. The zero-order chi connectivity index (χ0) is 13.8. The van der Waals surface area contributed by atoms with Crippen molar-refractivity contribution in [3.8, 4) is 0 Å². The van der Waals surface area contributed by atoms with Crippen molar-refractivity contribution in [1.82, 2.24) is 14.5 Å². The van der Waals surface area contributed by atoms with Crippen LogP contribution in [0.25, 0.3) is 0 Å². The first kappa shape index (κ1) is 13.8. The van der Waals surface area contributed by atoms with E-state index in [0.717, 1.165) is 23.8 Å². The summed E-state index contributed by atoms with van der Waals surface area (Å²) in [4.78, 5) is 18.2. The minimum absolute atomic E-state index is 0.0212. The molecule has 0 aliphatic heterocycles. The van der Waals surface area contributed by atoms with Crippen molar-refractivity contribution in [3.05, 3.63) is 44.8 Å². The maximum atomic E-state index is 11.6. The van der Waals surface area contributed by atoms with Gasteiger partial charge >= 0.3 is 0 Å². The Morgan fingerprint density at radius 1 is 1.47 bits per heavy atom. The zero-order valence-electron chi connectivity index (χ0n) is 11.2. The summed E-state index contributed by atoms with van der Waals surface area (Å²) in [5.74, 6) is 0. The maximum absolute atomic E-state index is 11.6. The second-order valence-corrected chi connectivity index (χ2v) is 5.65. The monoisotopic (exact) mass is 278 g/mol. The summed E-state index contributed by atoms with van der Waals surface area (Å²) < 4.78 is 1.64. The van der Waals surface area contributed by atoms with Crippen molar-refractivity contribution < 1.29 is 0 Å². The molecule has 6 heteroatoms. The number of nitrogens with zero attached hydrogens (tertiary/aromatic N) is 3. The van der Waals surface area contributed by atoms with Gasteiger partial charge in [0.05, 0.1) is 10.7 Å². The Labute approximate surface area is 116 Å². The van der Waals surface area contributed by atoms with Crippen LogP contribution in [0.5, 0.6) is 0 Å². The van der Waals surface area contributed by atoms with Gasteiger partial charge in [-0.3, -0.25) is 9.69 Å². The van der Waals surface area contributed by atoms with Crippen LogP contribution < -0.4 is 11.3 Å². The number of aromatic nitrogens is 2. The fourth-order valence-electron chi connectivity index (χ4n) is 1.84. The molecular weight excluding hydrogens is 260 g/mol. The first-order valence-corrected chi connectivity index (χ1v) is 6.98. The highest BCUT2D eigenvalue weighted by molar-refractivity contribution is 7.09. The first-order valence-electron chi connectivity index (χ1n) is 6.10. The van der Waals surface area contributed by atoms with Gasteiger partial charge in [-0.1, -0.05) is 0 Å². The lowest BCUT2D eigenvalue weighted by molar-refractivity contribution is 0.307. The van der Waals surface area contributed by atoms with Crippen molar-refractivity contribution in [2.24, 2.45) is 0 Å². The van der Waals surface area contributed by atoms with Gasteiger partial charge in [-0.05, 0) is 20.0 Å². The molecule has 2 rings (SSSR count). The molecule has 2 heterocycles. The number of rotatable bonds is 5. The van der Waals surface area contributed by atoms with Crippen LogP contribution in [0.1, 0.15) is 10.7 Å². The number of hydrogen-bond acceptors (Lipinski definition) is 5. The Balaban J connectivity index is 1.91. The Morgan fingerprint density at radius 2 is 2.26 bits per heavy atom. The van der Waals surface area contributed by atoms with Crippen molar-refractivity contribution in [2.75, 3.05) is 19.3 Å². The first-order chi connectivity index (χ1) is 9.04. The normalized spacial score (nSPS) is 11.1. The van der Waals surface area contributed by atoms with Crippen molar-refractivity contribution >= 4 is 17.0 Å². The maximum Gasteiger partial charge on any atom is 0.250 e. The molecule has 102 valence electrons. The molecule has 0 unspecified atom stereocenters. The number of nitrogens with two attached hydrogens (primary N) is 1. The predicted molar refractivity (Wildman–Crippen MR) is 78.3 cm³/mol. The molecule has 0 aromatic carbocycles. The number of aryl methyl sites for hydroxylation is 1. The highest BCUT2D eigenvalue weighted by atomic mass is 32.1. The van der Waals surface area contributed by atoms with Gasteiger partial charge in [-0.25, -0.2) is 4.98 Å². The standard InChI is InChI=1S/C13H18N4OS/c1-10-15-12(9-19-10)8-16(2)5-6-17-7-11(14)3-4-13(17)18/h3-4,7,9H,5-6,8,14H2,1-2H3. The molecule has 0 aliphatic carbocycles. The van der Waals surface area contributed by atoms with Crippen molar-refractivity contribution in [1.29, 1.82) is 0 Å². The highest BCUT2D eigenvalue weighted by Gasteiger charge is 2.04. The average Bonchev–Trinajstić information content (AvgIpc) is 2.76. The highest BCUT2D eigenvalue weighted by Crippen LogP contribution is 2.09. The third kappa shape index (κ3) is 3.90. The van der Waals surface area contributed by atoms with Gasteiger partial charge in [-0.2, -0.15) is 0 Å². The van der Waals surface area contributed by atoms with E-state index in [4.69, 9.17) is 5.73 Å². The number of likely N-dealkylation sites (N-methyl/N-ethyl adjacent to an activating group) is 1. The second-order valence-electron chi connectivity index (χ2n) is 4.59. The summed E-state index contributed by atoms with van der Waals surface area (Å²) in [7, 11) is 2.02. The number of anilines is 1. The molecule has 19 heavy (non-hydrogen) atoms. The summed E-state index contributed by atoms with van der Waals surface area (Å²) in [6, 6.07) is 3.12. The smallest absolute Gasteiger partial charge is 0.250 e. The van der Waals surface area contributed by atoms with Crippen LogP contribution >= 0.6 is 11.3 Å². The molecule has 2 N–H and O–H groups in total. The van der Waals surface area contributed by atoms with Crippen LogP contribution in [0.4, 0.5) is 5.69 Å². The van der Waals surface area contributed by atoms with Gasteiger partial charge in [0.15, 0.2) is 0 Å². The third-order valence-electron chi connectivity index (χ3n) is 2.83. The summed E-state index contributed by atoms with van der Waals surface area (Å²) in [5.41, 5.74) is 7.34. The van der Waals surface area contributed by atoms with E-state index in [1.807, 2.05) is 14.0 Å². The van der Waals surface area contributed by atoms with E-state index in [-0.39, 0.29) is 5.56 Å². The van der Waals surface area contributed by atoms with E-state index in [9.17, 15) is 4.79 Å². The molecule has 0 saturated heterocycles. The van der Waals surface area contributed by atoms with Crippen LogP contribution in [0.3, 0.4) is 0 Å². The van der Waals surface area contributed by atoms with E-state index in [1.54, 1.807) is 28.2 Å². The van der Waals surface area contributed by atoms with Gasteiger partial charge in [0.25, 0.3) is 5.56 Å². The molecule has 0 bridgehead atoms. The molecule has 2 aromatic rings. The SMILES string of the molecule is Cc1nc(CN(C)CCn2cc(N)ccc2=O)cs1. The van der Waals surface area contributed by atoms with E-state index >= 15 is 0 Å². The van der Waals surface area contributed by atoms with Crippen molar-refractivity contribution in [2.45, 2.75) is 20.0 Å². The number of thiazole rings is 1. The molecule has 5 nitrogen and oxygen atoms in total. The lowest BCUT2D eigenvalue weighted by atomic mass is 10.4. The zero-order valence-corrected chi connectivity index (χ0v) is 12.0. The molecule has 0 amide bonds. The molecule has 0 saturated carbocycles. The van der Waals surface area contributed by atoms with Gasteiger partial charge < -0.3 is 10.3 Å². The molecule has 2 aromatic heterocycles. The Bertz CT molecular complexity index is 605. The summed E-state index contributed by atoms with van der Waals surface area (Å²) >= 11 is 1.66.